The van der Waals surface area contributed by atoms with Crippen LogP contribution in [0, 0.1) is 0 Å². The summed E-state index contributed by atoms with van der Waals surface area (Å²) in [6.07, 6.45) is 1.12. The first-order chi connectivity index (χ1) is 11.5. The van der Waals surface area contributed by atoms with Gasteiger partial charge in [-0.15, -0.1) is 0 Å². The van der Waals surface area contributed by atoms with Crippen LogP contribution in [0.3, 0.4) is 0 Å². The van der Waals surface area contributed by atoms with E-state index in [0.29, 0.717) is 0 Å². The monoisotopic (exact) mass is 325 g/mol. The SMILES string of the molecule is CC(C)(N)CNCCCN(Cc1ccccc1)Cc1ccccc1. The third kappa shape index (κ3) is 7.73. The number of nitrogens with one attached hydrogen (secondary N) is 1. The average molecular weight is 326 g/mol. The van der Waals surface area contributed by atoms with E-state index in [1.54, 1.807) is 0 Å². The number of rotatable bonds is 10. The molecule has 0 atom stereocenters. The molecule has 3 N–H and O–H groups in total. The van der Waals surface area contributed by atoms with Crippen molar-refractivity contribution in [2.24, 2.45) is 5.73 Å². The zero-order valence-corrected chi connectivity index (χ0v) is 15.0. The van der Waals surface area contributed by atoms with Crippen LogP contribution >= 0.6 is 0 Å². The highest BCUT2D eigenvalue weighted by atomic mass is 15.1. The van der Waals surface area contributed by atoms with Crippen molar-refractivity contribution in [1.82, 2.24) is 10.2 Å². The van der Waals surface area contributed by atoms with Crippen molar-refractivity contribution >= 4 is 0 Å². The lowest BCUT2D eigenvalue weighted by molar-refractivity contribution is 0.251. The minimum atomic E-state index is -0.145. The van der Waals surface area contributed by atoms with Crippen molar-refractivity contribution in [2.45, 2.75) is 38.9 Å². The van der Waals surface area contributed by atoms with Gasteiger partial charge in [-0.1, -0.05) is 60.7 Å². The molecule has 0 spiro atoms. The van der Waals surface area contributed by atoms with E-state index in [2.05, 4.69) is 84.7 Å². The predicted molar refractivity (Wildman–Crippen MR) is 103 cm³/mol. The molecule has 2 aromatic rings. The van der Waals surface area contributed by atoms with Gasteiger partial charge in [-0.05, 0) is 37.9 Å². The van der Waals surface area contributed by atoms with Crippen molar-refractivity contribution in [3.63, 3.8) is 0 Å². The molecule has 0 heterocycles. The van der Waals surface area contributed by atoms with E-state index in [9.17, 15) is 0 Å². The Morgan fingerprint density at radius 3 is 1.83 bits per heavy atom. The Balaban J connectivity index is 1.85. The second kappa shape index (κ2) is 9.58. The molecule has 0 aromatic heterocycles. The van der Waals surface area contributed by atoms with Crippen LogP contribution in [0.2, 0.25) is 0 Å². The molecule has 24 heavy (non-hydrogen) atoms. The minimum Gasteiger partial charge on any atom is -0.324 e. The number of nitrogens with two attached hydrogens (primary N) is 1. The number of hydrogen-bond donors (Lipinski definition) is 2. The maximum absolute atomic E-state index is 6.01. The summed E-state index contributed by atoms with van der Waals surface area (Å²) in [4.78, 5) is 2.51. The maximum atomic E-state index is 6.01. The van der Waals surface area contributed by atoms with Gasteiger partial charge in [-0.3, -0.25) is 4.90 Å². The first-order valence-electron chi connectivity index (χ1n) is 8.83. The molecular weight excluding hydrogens is 294 g/mol. The normalized spacial score (nSPS) is 11.8. The first kappa shape index (κ1) is 18.7. The Bertz CT molecular complexity index is 519. The molecule has 0 saturated carbocycles. The lowest BCUT2D eigenvalue weighted by Crippen LogP contribution is -2.43. The molecule has 0 aliphatic rings. The van der Waals surface area contributed by atoms with Gasteiger partial charge in [-0.2, -0.15) is 0 Å². The molecule has 2 aromatic carbocycles. The molecule has 0 fully saturated rings. The van der Waals surface area contributed by atoms with E-state index in [1.165, 1.54) is 11.1 Å². The topological polar surface area (TPSA) is 41.3 Å². The molecule has 0 aliphatic carbocycles. The summed E-state index contributed by atoms with van der Waals surface area (Å²) in [6.45, 7) is 9.00. The number of benzene rings is 2. The molecular formula is C21H31N3. The van der Waals surface area contributed by atoms with Crippen LogP contribution in [0.1, 0.15) is 31.4 Å². The highest BCUT2D eigenvalue weighted by Crippen LogP contribution is 2.10. The molecule has 2 rings (SSSR count). The lowest BCUT2D eigenvalue weighted by atomic mass is 10.1. The summed E-state index contributed by atoms with van der Waals surface area (Å²) in [5, 5.41) is 3.46. The second-order valence-electron chi connectivity index (χ2n) is 7.20. The molecule has 3 heteroatoms. The van der Waals surface area contributed by atoms with Gasteiger partial charge in [0.1, 0.15) is 0 Å². The summed E-state index contributed by atoms with van der Waals surface area (Å²) in [5.74, 6) is 0. The lowest BCUT2D eigenvalue weighted by Gasteiger charge is -2.24. The van der Waals surface area contributed by atoms with Crippen molar-refractivity contribution in [3.05, 3.63) is 71.8 Å². The van der Waals surface area contributed by atoms with Crippen LogP contribution < -0.4 is 11.1 Å². The summed E-state index contributed by atoms with van der Waals surface area (Å²) < 4.78 is 0. The standard InChI is InChI=1S/C21H31N3/c1-21(2,22)18-23-14-9-15-24(16-19-10-5-3-6-11-19)17-20-12-7-4-8-13-20/h3-8,10-13,23H,9,14-18,22H2,1-2H3. The summed E-state index contributed by atoms with van der Waals surface area (Å²) in [5.41, 5.74) is 8.59. The van der Waals surface area contributed by atoms with Crippen LogP contribution in [-0.4, -0.2) is 30.1 Å². The Labute approximate surface area is 146 Å². The Hall–Kier alpha value is -1.68. The molecule has 0 unspecified atom stereocenters. The fourth-order valence-electron chi connectivity index (χ4n) is 2.74. The molecule has 0 bridgehead atoms. The van der Waals surface area contributed by atoms with Crippen molar-refractivity contribution in [2.75, 3.05) is 19.6 Å². The molecule has 0 amide bonds. The zero-order valence-electron chi connectivity index (χ0n) is 15.0. The van der Waals surface area contributed by atoms with Gasteiger partial charge in [-0.25, -0.2) is 0 Å². The van der Waals surface area contributed by atoms with Crippen LogP contribution in [0.5, 0.6) is 0 Å². The van der Waals surface area contributed by atoms with Gasteiger partial charge in [0.2, 0.25) is 0 Å². The summed E-state index contributed by atoms with van der Waals surface area (Å²) in [6, 6.07) is 21.4. The van der Waals surface area contributed by atoms with Crippen molar-refractivity contribution in [3.8, 4) is 0 Å². The highest BCUT2D eigenvalue weighted by molar-refractivity contribution is 5.17. The van der Waals surface area contributed by atoms with Gasteiger partial charge in [0.15, 0.2) is 0 Å². The Kier molecular flexibility index (Phi) is 7.44. The quantitative estimate of drug-likeness (QED) is 0.658. The third-order valence-electron chi connectivity index (χ3n) is 3.91. The number of nitrogens with zero attached hydrogens (tertiary/aromatic N) is 1. The van der Waals surface area contributed by atoms with Crippen LogP contribution in [-0.2, 0) is 13.1 Å². The molecule has 0 saturated heterocycles. The van der Waals surface area contributed by atoms with E-state index in [4.69, 9.17) is 5.73 Å². The van der Waals surface area contributed by atoms with E-state index < -0.39 is 0 Å². The summed E-state index contributed by atoms with van der Waals surface area (Å²) >= 11 is 0. The third-order valence-corrected chi connectivity index (χ3v) is 3.91. The smallest absolute Gasteiger partial charge is 0.0237 e. The Morgan fingerprint density at radius 1 is 0.875 bits per heavy atom. The maximum Gasteiger partial charge on any atom is 0.0237 e. The molecule has 0 radical (unpaired) electrons. The van der Waals surface area contributed by atoms with E-state index in [-0.39, 0.29) is 5.54 Å². The van der Waals surface area contributed by atoms with Gasteiger partial charge in [0.25, 0.3) is 0 Å². The second-order valence-corrected chi connectivity index (χ2v) is 7.20. The van der Waals surface area contributed by atoms with E-state index in [1.807, 2.05) is 0 Å². The van der Waals surface area contributed by atoms with Crippen LogP contribution in [0.25, 0.3) is 0 Å². The predicted octanol–water partition coefficient (Wildman–Crippen LogP) is 3.41. The molecule has 3 nitrogen and oxygen atoms in total. The van der Waals surface area contributed by atoms with Crippen LogP contribution in [0.15, 0.2) is 60.7 Å². The first-order valence-corrected chi connectivity index (χ1v) is 8.83. The van der Waals surface area contributed by atoms with Gasteiger partial charge in [0.05, 0.1) is 0 Å². The fraction of sp³-hybridized carbons (Fsp3) is 0.429. The number of hydrogen-bond acceptors (Lipinski definition) is 3. The fourth-order valence-corrected chi connectivity index (χ4v) is 2.74. The van der Waals surface area contributed by atoms with E-state index in [0.717, 1.165) is 39.1 Å². The van der Waals surface area contributed by atoms with Crippen molar-refractivity contribution in [1.29, 1.82) is 0 Å². The van der Waals surface area contributed by atoms with E-state index >= 15 is 0 Å². The van der Waals surface area contributed by atoms with Gasteiger partial charge < -0.3 is 11.1 Å². The van der Waals surface area contributed by atoms with Crippen molar-refractivity contribution < 1.29 is 0 Å². The zero-order chi connectivity index (χ0) is 17.3. The van der Waals surface area contributed by atoms with Gasteiger partial charge >= 0.3 is 0 Å². The minimum absolute atomic E-state index is 0.145. The Morgan fingerprint density at radius 2 is 1.38 bits per heavy atom. The van der Waals surface area contributed by atoms with Gasteiger partial charge in [0, 0.05) is 31.7 Å². The van der Waals surface area contributed by atoms with Crippen LogP contribution in [0.4, 0.5) is 0 Å². The summed E-state index contributed by atoms with van der Waals surface area (Å²) in [7, 11) is 0. The average Bonchev–Trinajstić information content (AvgIpc) is 2.55. The molecule has 130 valence electrons. The highest BCUT2D eigenvalue weighted by Gasteiger charge is 2.10. The molecule has 0 aliphatic heterocycles. The largest absolute Gasteiger partial charge is 0.324 e.